The molecule has 18 heavy (non-hydrogen) atoms. The Morgan fingerprint density at radius 1 is 1.33 bits per heavy atom. The lowest BCUT2D eigenvalue weighted by atomic mass is 9.85. The summed E-state index contributed by atoms with van der Waals surface area (Å²) in [6.07, 6.45) is 5.45. The molecule has 0 fully saturated rings. The zero-order valence-corrected chi connectivity index (χ0v) is 12.6. The second-order valence-electron chi connectivity index (χ2n) is 5.64. The summed E-state index contributed by atoms with van der Waals surface area (Å²) in [4.78, 5) is 0. The van der Waals surface area contributed by atoms with Gasteiger partial charge in [-0.3, -0.25) is 4.68 Å². The van der Waals surface area contributed by atoms with Crippen molar-refractivity contribution in [2.45, 2.75) is 53.0 Å². The van der Waals surface area contributed by atoms with Crippen molar-refractivity contribution in [3.8, 4) is 0 Å². The molecule has 1 rings (SSSR count). The molecule has 104 valence electrons. The minimum absolute atomic E-state index is 0.596. The van der Waals surface area contributed by atoms with Gasteiger partial charge in [-0.15, -0.1) is 0 Å². The van der Waals surface area contributed by atoms with Crippen LogP contribution in [0.1, 0.15) is 46.2 Å². The van der Waals surface area contributed by atoms with Crippen LogP contribution < -0.4 is 5.32 Å². The van der Waals surface area contributed by atoms with Crippen LogP contribution in [-0.2, 0) is 13.5 Å². The van der Waals surface area contributed by atoms with Gasteiger partial charge in [0.05, 0.1) is 0 Å². The summed E-state index contributed by atoms with van der Waals surface area (Å²) in [6, 6.07) is 2.72. The fraction of sp³-hybridized carbons (Fsp3) is 0.800. The highest BCUT2D eigenvalue weighted by Gasteiger charge is 2.20. The molecule has 1 aromatic heterocycles. The molecule has 2 unspecified atom stereocenters. The van der Waals surface area contributed by atoms with E-state index in [0.29, 0.717) is 6.04 Å². The average Bonchev–Trinajstić information content (AvgIpc) is 2.72. The Morgan fingerprint density at radius 3 is 2.56 bits per heavy atom. The van der Waals surface area contributed by atoms with Crippen molar-refractivity contribution < 1.29 is 0 Å². The Labute approximate surface area is 112 Å². The number of nitrogens with zero attached hydrogens (tertiary/aromatic N) is 2. The van der Waals surface area contributed by atoms with Gasteiger partial charge in [-0.2, -0.15) is 5.10 Å². The molecule has 1 aromatic rings. The van der Waals surface area contributed by atoms with Crippen molar-refractivity contribution in [2.75, 3.05) is 6.54 Å². The first-order valence-corrected chi connectivity index (χ1v) is 7.26. The van der Waals surface area contributed by atoms with E-state index in [1.54, 1.807) is 0 Å². The molecular formula is C15H29N3. The molecule has 0 aliphatic heterocycles. The second kappa shape index (κ2) is 7.57. The van der Waals surface area contributed by atoms with Crippen LogP contribution in [0.4, 0.5) is 0 Å². The van der Waals surface area contributed by atoms with Crippen LogP contribution >= 0.6 is 0 Å². The van der Waals surface area contributed by atoms with Gasteiger partial charge in [0.1, 0.15) is 0 Å². The summed E-state index contributed by atoms with van der Waals surface area (Å²) in [5.41, 5.74) is 1.34. The van der Waals surface area contributed by atoms with Crippen molar-refractivity contribution >= 4 is 0 Å². The van der Waals surface area contributed by atoms with Crippen LogP contribution in [0.15, 0.2) is 12.3 Å². The lowest BCUT2D eigenvalue weighted by Gasteiger charge is -2.28. The molecule has 0 saturated carbocycles. The maximum atomic E-state index is 4.23. The Bertz CT molecular complexity index is 330. The third kappa shape index (κ3) is 4.45. The van der Waals surface area contributed by atoms with E-state index in [1.807, 2.05) is 17.9 Å². The summed E-state index contributed by atoms with van der Waals surface area (Å²) in [7, 11) is 2.03. The van der Waals surface area contributed by atoms with E-state index in [1.165, 1.54) is 18.5 Å². The molecule has 2 atom stereocenters. The number of aryl methyl sites for hydroxylation is 2. The van der Waals surface area contributed by atoms with E-state index >= 15 is 0 Å². The van der Waals surface area contributed by atoms with Crippen LogP contribution in [0.2, 0.25) is 0 Å². The normalized spacial score (nSPS) is 15.0. The lowest BCUT2D eigenvalue weighted by molar-refractivity contribution is 0.272. The average molecular weight is 251 g/mol. The summed E-state index contributed by atoms with van der Waals surface area (Å²) in [5, 5.41) is 7.87. The van der Waals surface area contributed by atoms with Crippen LogP contribution in [0.25, 0.3) is 0 Å². The lowest BCUT2D eigenvalue weighted by Crippen LogP contribution is -2.37. The number of aromatic nitrogens is 2. The molecule has 0 aromatic carbocycles. The maximum absolute atomic E-state index is 4.23. The largest absolute Gasteiger partial charge is 0.314 e. The molecule has 0 amide bonds. The van der Waals surface area contributed by atoms with Gasteiger partial charge in [0.15, 0.2) is 0 Å². The van der Waals surface area contributed by atoms with Crippen molar-refractivity contribution in [1.29, 1.82) is 0 Å². The highest BCUT2D eigenvalue weighted by molar-refractivity contribution is 5.00. The summed E-state index contributed by atoms with van der Waals surface area (Å²) >= 11 is 0. The third-order valence-electron chi connectivity index (χ3n) is 3.87. The zero-order chi connectivity index (χ0) is 13.5. The predicted octanol–water partition coefficient (Wildman–Crippen LogP) is 3.01. The molecule has 0 spiro atoms. The van der Waals surface area contributed by atoms with Crippen LogP contribution in [-0.4, -0.2) is 22.4 Å². The van der Waals surface area contributed by atoms with Crippen molar-refractivity contribution in [3.63, 3.8) is 0 Å². The zero-order valence-electron chi connectivity index (χ0n) is 12.6. The summed E-state index contributed by atoms with van der Waals surface area (Å²) in [6.45, 7) is 10.3. The van der Waals surface area contributed by atoms with Gasteiger partial charge in [0, 0.05) is 25.0 Å². The first-order valence-electron chi connectivity index (χ1n) is 7.26. The molecule has 3 nitrogen and oxygen atoms in total. The first kappa shape index (κ1) is 15.2. The third-order valence-corrected chi connectivity index (χ3v) is 3.87. The molecule has 0 aliphatic carbocycles. The van der Waals surface area contributed by atoms with Gasteiger partial charge in [0.2, 0.25) is 0 Å². The highest BCUT2D eigenvalue weighted by Crippen LogP contribution is 2.21. The van der Waals surface area contributed by atoms with E-state index < -0.39 is 0 Å². The van der Waals surface area contributed by atoms with Gasteiger partial charge in [0.25, 0.3) is 0 Å². The fourth-order valence-corrected chi connectivity index (χ4v) is 2.65. The number of rotatable bonds is 8. The van der Waals surface area contributed by atoms with E-state index in [4.69, 9.17) is 0 Å². The van der Waals surface area contributed by atoms with Gasteiger partial charge in [-0.25, -0.2) is 0 Å². The fourth-order valence-electron chi connectivity index (χ4n) is 2.65. The van der Waals surface area contributed by atoms with Gasteiger partial charge >= 0.3 is 0 Å². The molecule has 0 bridgehead atoms. The van der Waals surface area contributed by atoms with Crippen molar-refractivity contribution in [3.05, 3.63) is 18.0 Å². The SMILES string of the molecule is CCCNC(C)C(CCc1ccnn1C)C(C)C. The van der Waals surface area contributed by atoms with Gasteiger partial charge in [-0.1, -0.05) is 20.8 Å². The Hall–Kier alpha value is -0.830. The molecule has 1 heterocycles. The first-order chi connectivity index (χ1) is 8.56. The number of hydrogen-bond acceptors (Lipinski definition) is 2. The minimum atomic E-state index is 0.596. The summed E-state index contributed by atoms with van der Waals surface area (Å²) < 4.78 is 1.99. The van der Waals surface area contributed by atoms with E-state index in [2.05, 4.69) is 44.2 Å². The Morgan fingerprint density at radius 2 is 2.06 bits per heavy atom. The van der Waals surface area contributed by atoms with E-state index in [9.17, 15) is 0 Å². The molecule has 0 saturated heterocycles. The van der Waals surface area contributed by atoms with E-state index in [0.717, 1.165) is 24.8 Å². The monoisotopic (exact) mass is 251 g/mol. The molecule has 3 heteroatoms. The predicted molar refractivity (Wildman–Crippen MR) is 77.6 cm³/mol. The molecule has 1 N–H and O–H groups in total. The molecular weight excluding hydrogens is 222 g/mol. The Kier molecular flexibility index (Phi) is 6.41. The Balaban J connectivity index is 2.50. The topological polar surface area (TPSA) is 29.9 Å². The van der Waals surface area contributed by atoms with Gasteiger partial charge in [-0.05, 0) is 50.6 Å². The van der Waals surface area contributed by atoms with Crippen molar-refractivity contribution in [1.82, 2.24) is 15.1 Å². The molecule has 0 aliphatic rings. The van der Waals surface area contributed by atoms with Crippen LogP contribution in [0.3, 0.4) is 0 Å². The van der Waals surface area contributed by atoms with E-state index in [-0.39, 0.29) is 0 Å². The number of nitrogens with one attached hydrogen (secondary N) is 1. The highest BCUT2D eigenvalue weighted by atomic mass is 15.2. The smallest absolute Gasteiger partial charge is 0.0492 e. The van der Waals surface area contributed by atoms with Crippen LogP contribution in [0.5, 0.6) is 0 Å². The second-order valence-corrected chi connectivity index (χ2v) is 5.64. The van der Waals surface area contributed by atoms with Crippen molar-refractivity contribution in [2.24, 2.45) is 18.9 Å². The standard InChI is InChI=1S/C15H29N3/c1-6-10-16-13(4)15(12(2)3)8-7-14-9-11-17-18(14)5/h9,11-13,15-16H,6-8,10H2,1-5H3. The van der Waals surface area contributed by atoms with Gasteiger partial charge < -0.3 is 5.32 Å². The quantitative estimate of drug-likeness (QED) is 0.769. The maximum Gasteiger partial charge on any atom is 0.0492 e. The van der Waals surface area contributed by atoms with Crippen LogP contribution in [0, 0.1) is 11.8 Å². The minimum Gasteiger partial charge on any atom is -0.314 e. The summed E-state index contributed by atoms with van der Waals surface area (Å²) in [5.74, 6) is 1.45. The number of hydrogen-bond donors (Lipinski definition) is 1. The molecule has 0 radical (unpaired) electrons.